The Morgan fingerprint density at radius 3 is 1.58 bits per heavy atom. The molecule has 0 radical (unpaired) electrons. The minimum absolute atomic E-state index is 0.0582. The lowest BCUT2D eigenvalue weighted by Crippen LogP contribution is -2.23. The maximum Gasteiger partial charge on any atom is 0.0465 e. The predicted octanol–water partition coefficient (Wildman–Crippen LogP) is 18.1. The van der Waals surface area contributed by atoms with E-state index < -0.39 is 0 Å². The zero-order chi connectivity index (χ0) is 44.5. The van der Waals surface area contributed by atoms with Gasteiger partial charge >= 0.3 is 0 Å². The summed E-state index contributed by atoms with van der Waals surface area (Å²) in [6, 6.07) is 73.3. The molecule has 0 N–H and O–H groups in total. The van der Waals surface area contributed by atoms with Crippen LogP contribution in [0.5, 0.6) is 0 Å². The van der Waals surface area contributed by atoms with Gasteiger partial charge in [0, 0.05) is 28.4 Å². The van der Waals surface area contributed by atoms with Crippen LogP contribution in [-0.4, -0.2) is 0 Å². The van der Waals surface area contributed by atoms with Crippen LogP contribution in [0, 0.1) is 0 Å². The number of hydrogen-bond donors (Lipinski definition) is 0. The molecule has 9 aromatic carbocycles. The number of hydrogen-bond acceptors (Lipinski definition) is 1. The molecular weight excluding hydrogens is 795 g/mol. The second kappa shape index (κ2) is 17.7. The van der Waals surface area contributed by atoms with Crippen molar-refractivity contribution in [2.24, 2.45) is 0 Å². The molecule has 0 saturated carbocycles. The van der Waals surface area contributed by atoms with Gasteiger partial charge < -0.3 is 4.90 Å². The van der Waals surface area contributed by atoms with Crippen LogP contribution >= 0.6 is 0 Å². The third-order valence-corrected chi connectivity index (χ3v) is 14.3. The van der Waals surface area contributed by atoms with Crippen molar-refractivity contribution in [1.29, 1.82) is 0 Å². The van der Waals surface area contributed by atoms with Gasteiger partial charge in [0.25, 0.3) is 0 Å². The lowest BCUT2D eigenvalue weighted by atomic mass is 9.73. The highest BCUT2D eigenvalue weighted by Gasteiger charge is 2.41. The molecule has 0 heterocycles. The first-order chi connectivity index (χ1) is 32.6. The van der Waals surface area contributed by atoms with E-state index in [1.807, 2.05) is 0 Å². The lowest BCUT2D eigenvalue weighted by Gasteiger charge is -2.32. The topological polar surface area (TPSA) is 3.24 Å². The molecule has 2 aliphatic carbocycles. The van der Waals surface area contributed by atoms with E-state index in [9.17, 15) is 0 Å². The molecular formula is C65H53N. The van der Waals surface area contributed by atoms with E-state index in [1.54, 1.807) is 0 Å². The summed E-state index contributed by atoms with van der Waals surface area (Å²) in [6.07, 6.45) is 19.2. The Bertz CT molecular complexity index is 3290. The first-order valence-electron chi connectivity index (χ1n) is 23.6. The summed E-state index contributed by atoms with van der Waals surface area (Å²) in [5.41, 5.74) is 17.9. The Morgan fingerprint density at radius 2 is 0.970 bits per heavy atom. The van der Waals surface area contributed by atoms with Crippen LogP contribution in [-0.2, 0) is 5.41 Å². The van der Waals surface area contributed by atoms with E-state index in [-0.39, 0.29) is 11.3 Å². The fourth-order valence-electron chi connectivity index (χ4n) is 10.9. The summed E-state index contributed by atoms with van der Waals surface area (Å²) in [6.45, 7) is 4.71. The Labute approximate surface area is 390 Å². The van der Waals surface area contributed by atoms with E-state index in [0.29, 0.717) is 0 Å². The average Bonchev–Trinajstić information content (AvgIpc) is 3.67. The van der Waals surface area contributed by atoms with Crippen LogP contribution < -0.4 is 4.90 Å². The third kappa shape index (κ3) is 7.41. The van der Waals surface area contributed by atoms with Crippen molar-refractivity contribution in [3.63, 3.8) is 0 Å². The molecule has 318 valence electrons. The summed E-state index contributed by atoms with van der Waals surface area (Å²) in [7, 11) is 0. The molecule has 1 atom stereocenters. The largest absolute Gasteiger partial charge is 0.310 e. The molecule has 9 aromatic rings. The highest BCUT2D eigenvalue weighted by Crippen LogP contribution is 2.54. The molecule has 1 nitrogen and oxygen atoms in total. The normalized spacial score (nSPS) is 15.1. The van der Waals surface area contributed by atoms with Crippen LogP contribution in [0.2, 0.25) is 0 Å². The molecule has 1 unspecified atom stereocenters. The van der Waals surface area contributed by atoms with Crippen LogP contribution in [0.15, 0.2) is 230 Å². The smallest absolute Gasteiger partial charge is 0.0465 e. The fourth-order valence-corrected chi connectivity index (χ4v) is 10.9. The Morgan fingerprint density at radius 1 is 0.470 bits per heavy atom. The third-order valence-electron chi connectivity index (χ3n) is 14.3. The number of anilines is 3. The molecule has 0 aromatic heterocycles. The highest BCUT2D eigenvalue weighted by atomic mass is 15.1. The number of benzene rings is 9. The number of fused-ring (bicyclic) bond motifs is 6. The van der Waals surface area contributed by atoms with Crippen LogP contribution in [0.1, 0.15) is 72.4 Å². The summed E-state index contributed by atoms with van der Waals surface area (Å²) >= 11 is 0. The van der Waals surface area contributed by atoms with Crippen LogP contribution in [0.25, 0.3) is 62.0 Å². The van der Waals surface area contributed by atoms with Crippen molar-refractivity contribution >= 4 is 56.8 Å². The molecule has 0 aliphatic heterocycles. The average molecular weight is 848 g/mol. The summed E-state index contributed by atoms with van der Waals surface area (Å²) in [4.78, 5) is 2.38. The minimum Gasteiger partial charge on any atom is -0.310 e. The Balaban J connectivity index is 0.814. The molecule has 0 fully saturated rings. The van der Waals surface area contributed by atoms with E-state index in [0.717, 1.165) is 30.6 Å². The molecule has 0 bridgehead atoms. The van der Waals surface area contributed by atoms with Crippen molar-refractivity contribution < 1.29 is 0 Å². The van der Waals surface area contributed by atoms with Crippen molar-refractivity contribution in [1.82, 2.24) is 0 Å². The predicted molar refractivity (Wildman–Crippen MR) is 284 cm³/mol. The van der Waals surface area contributed by atoms with Gasteiger partial charge in [-0.2, -0.15) is 0 Å². The van der Waals surface area contributed by atoms with E-state index in [1.165, 1.54) is 88.4 Å². The summed E-state index contributed by atoms with van der Waals surface area (Å²) < 4.78 is 0. The van der Waals surface area contributed by atoms with Crippen molar-refractivity contribution in [2.75, 3.05) is 4.90 Å². The standard InChI is InChI=1S/C65H53N/c1-3-65(4-2)61-44-49(38-42-57(61)58-43-41-54(45-62(58)65)66(52-20-10-6-11-21-52)53-22-12-7-13-23-53)35-34-47-30-28-46(29-31-47)32-33-48-36-39-51(40-37-48)64-60-27-17-15-25-56(60)55-24-14-16-26-59(55)63(64)50-18-8-5-9-19-50/h5-39,41-45,51H,3-4,40H2,1-2H3/b33-32+,35-34+. The number of allylic oxidation sites excluding steroid dienone is 5. The van der Waals surface area contributed by atoms with Gasteiger partial charge in [0.15, 0.2) is 0 Å². The molecule has 1 heteroatoms. The maximum atomic E-state index is 2.46. The van der Waals surface area contributed by atoms with Crippen molar-refractivity contribution in [3.8, 4) is 22.3 Å². The fraction of sp³-hybridized carbons (Fsp3) is 0.108. The SMILES string of the molecule is CCC1(CC)c2cc(/C=C/c3ccc(/C=C/C4=CCC(c5c(-c6ccccc6)c6ccccc6c6ccccc56)C=C4)cc3)ccc2-c2ccc(N(c3ccccc3)c3ccccc3)cc21. The van der Waals surface area contributed by atoms with E-state index >= 15 is 0 Å². The van der Waals surface area contributed by atoms with Gasteiger partial charge in [0.2, 0.25) is 0 Å². The summed E-state index contributed by atoms with van der Waals surface area (Å²) in [5.74, 6) is 0.281. The first kappa shape index (κ1) is 41.0. The van der Waals surface area contributed by atoms with Gasteiger partial charge in [-0.05, 0) is 138 Å². The molecule has 0 amide bonds. The summed E-state index contributed by atoms with van der Waals surface area (Å²) in [5, 5.41) is 5.29. The second-order valence-corrected chi connectivity index (χ2v) is 17.8. The minimum atomic E-state index is -0.0582. The van der Waals surface area contributed by atoms with Crippen molar-refractivity contribution in [2.45, 2.75) is 44.4 Å². The zero-order valence-corrected chi connectivity index (χ0v) is 37.7. The molecule has 2 aliphatic rings. The van der Waals surface area contributed by atoms with E-state index in [4.69, 9.17) is 0 Å². The molecule has 11 rings (SSSR count). The number of para-hydroxylation sites is 2. The van der Waals surface area contributed by atoms with Gasteiger partial charge in [-0.3, -0.25) is 0 Å². The van der Waals surface area contributed by atoms with Crippen LogP contribution in [0.3, 0.4) is 0 Å². The number of nitrogens with zero attached hydrogens (tertiary/aromatic N) is 1. The number of rotatable bonds is 11. The molecule has 66 heavy (non-hydrogen) atoms. The van der Waals surface area contributed by atoms with E-state index in [2.05, 4.69) is 261 Å². The lowest BCUT2D eigenvalue weighted by molar-refractivity contribution is 0.490. The van der Waals surface area contributed by atoms with Gasteiger partial charge in [-0.15, -0.1) is 0 Å². The molecule has 0 spiro atoms. The maximum absolute atomic E-state index is 2.46. The first-order valence-corrected chi connectivity index (χ1v) is 23.6. The van der Waals surface area contributed by atoms with Gasteiger partial charge in [0.05, 0.1) is 0 Å². The Kier molecular flexibility index (Phi) is 11.0. The monoisotopic (exact) mass is 847 g/mol. The second-order valence-electron chi connectivity index (χ2n) is 17.8. The highest BCUT2D eigenvalue weighted by molar-refractivity contribution is 6.16. The van der Waals surface area contributed by atoms with Gasteiger partial charge in [0.1, 0.15) is 0 Å². The zero-order valence-electron chi connectivity index (χ0n) is 37.7. The van der Waals surface area contributed by atoms with Gasteiger partial charge in [-0.1, -0.05) is 220 Å². The van der Waals surface area contributed by atoms with Gasteiger partial charge in [-0.25, -0.2) is 0 Å². The van der Waals surface area contributed by atoms with Crippen LogP contribution in [0.4, 0.5) is 17.1 Å². The Hall–Kier alpha value is -7.74. The quantitative estimate of drug-likeness (QED) is 0.0926. The van der Waals surface area contributed by atoms with Crippen molar-refractivity contribution in [3.05, 3.63) is 263 Å². The molecule has 0 saturated heterocycles.